The van der Waals surface area contributed by atoms with Crippen LogP contribution in [-0.4, -0.2) is 9.91 Å². The minimum Gasteiger partial charge on any atom is -0.340 e. The Kier molecular flexibility index (Phi) is 3.13. The van der Waals surface area contributed by atoms with E-state index >= 15 is 0 Å². The van der Waals surface area contributed by atoms with Gasteiger partial charge in [0.25, 0.3) is 5.69 Å². The molecule has 7 heteroatoms. The van der Waals surface area contributed by atoms with Crippen LogP contribution in [0.25, 0.3) is 0 Å². The molecule has 0 bridgehead atoms. The van der Waals surface area contributed by atoms with Crippen LogP contribution in [0.2, 0.25) is 0 Å². The molecule has 0 saturated heterocycles. The lowest BCUT2D eigenvalue weighted by Gasteiger charge is -2.05. The lowest BCUT2D eigenvalue weighted by Crippen LogP contribution is -1.96. The highest BCUT2D eigenvalue weighted by Crippen LogP contribution is 2.20. The van der Waals surface area contributed by atoms with E-state index in [1.54, 1.807) is 0 Å². The van der Waals surface area contributed by atoms with Crippen molar-refractivity contribution in [2.45, 2.75) is 0 Å². The van der Waals surface area contributed by atoms with Gasteiger partial charge in [-0.15, -0.1) is 0 Å². The van der Waals surface area contributed by atoms with Crippen LogP contribution in [0.15, 0.2) is 36.5 Å². The predicted octanol–water partition coefficient (Wildman–Crippen LogP) is 3.01. The van der Waals surface area contributed by atoms with Gasteiger partial charge in [-0.2, -0.15) is 0 Å². The first-order valence-corrected chi connectivity index (χ1v) is 4.88. The van der Waals surface area contributed by atoms with Crippen LogP contribution in [0.4, 0.5) is 26.0 Å². The number of nitro groups is 1. The molecule has 0 unspecified atom stereocenters. The zero-order chi connectivity index (χ0) is 13.1. The molecule has 0 atom stereocenters. The Morgan fingerprint density at radius 2 is 1.83 bits per heavy atom. The molecule has 18 heavy (non-hydrogen) atoms. The molecule has 2 rings (SSSR count). The molecule has 2 aromatic rings. The Labute approximate surface area is 100 Å². The molecule has 0 aliphatic carbocycles. The number of rotatable bonds is 3. The normalized spacial score (nSPS) is 10.1. The summed E-state index contributed by atoms with van der Waals surface area (Å²) in [6.45, 7) is 0. The average molecular weight is 251 g/mol. The van der Waals surface area contributed by atoms with Crippen LogP contribution in [0.3, 0.4) is 0 Å². The fourth-order valence-corrected chi connectivity index (χ4v) is 1.38. The molecule has 1 aromatic carbocycles. The van der Waals surface area contributed by atoms with Gasteiger partial charge in [-0.1, -0.05) is 0 Å². The zero-order valence-corrected chi connectivity index (χ0v) is 8.93. The van der Waals surface area contributed by atoms with Crippen LogP contribution in [0, 0.1) is 21.7 Å². The van der Waals surface area contributed by atoms with Gasteiger partial charge >= 0.3 is 0 Å². The Morgan fingerprint density at radius 1 is 1.17 bits per heavy atom. The lowest BCUT2D eigenvalue weighted by molar-refractivity contribution is -0.384. The number of halogens is 2. The summed E-state index contributed by atoms with van der Waals surface area (Å²) >= 11 is 0. The van der Waals surface area contributed by atoms with E-state index in [1.807, 2.05) is 0 Å². The second kappa shape index (κ2) is 4.74. The standard InChI is InChI=1S/C11H7F2N3O2/c12-7-3-8(13)5-9(4-7)15-11-6-10(16(17)18)1-2-14-11/h1-6H,(H,14,15). The van der Waals surface area contributed by atoms with Crippen LogP contribution in [-0.2, 0) is 0 Å². The number of hydrogen-bond donors (Lipinski definition) is 1. The molecule has 1 heterocycles. The van der Waals surface area contributed by atoms with Gasteiger partial charge in [0.1, 0.15) is 17.5 Å². The number of pyridine rings is 1. The summed E-state index contributed by atoms with van der Waals surface area (Å²) in [5.74, 6) is -1.36. The molecule has 0 spiro atoms. The maximum absolute atomic E-state index is 12.9. The Hall–Kier alpha value is -2.57. The van der Waals surface area contributed by atoms with Gasteiger partial charge in [-0.05, 0) is 12.1 Å². The number of aromatic nitrogens is 1. The third-order valence-corrected chi connectivity index (χ3v) is 2.09. The Balaban J connectivity index is 2.28. The van der Waals surface area contributed by atoms with E-state index in [0.717, 1.165) is 18.2 Å². The van der Waals surface area contributed by atoms with Gasteiger partial charge in [0.15, 0.2) is 0 Å². The van der Waals surface area contributed by atoms with E-state index in [9.17, 15) is 18.9 Å². The van der Waals surface area contributed by atoms with Gasteiger partial charge in [0.05, 0.1) is 11.0 Å². The third-order valence-electron chi connectivity index (χ3n) is 2.09. The van der Waals surface area contributed by atoms with Crippen molar-refractivity contribution in [3.63, 3.8) is 0 Å². The second-order valence-electron chi connectivity index (χ2n) is 3.44. The molecular formula is C11H7F2N3O2. The molecule has 92 valence electrons. The summed E-state index contributed by atoms with van der Waals surface area (Å²) in [4.78, 5) is 13.8. The highest BCUT2D eigenvalue weighted by Gasteiger charge is 2.07. The van der Waals surface area contributed by atoms with E-state index in [4.69, 9.17) is 0 Å². The molecule has 0 saturated carbocycles. The smallest absolute Gasteiger partial charge is 0.274 e. The fraction of sp³-hybridized carbons (Fsp3) is 0. The van der Waals surface area contributed by atoms with Crippen LogP contribution >= 0.6 is 0 Å². The molecule has 0 amide bonds. The number of nitrogens with one attached hydrogen (secondary N) is 1. The van der Waals surface area contributed by atoms with E-state index in [1.165, 1.54) is 18.3 Å². The first kappa shape index (κ1) is 11.9. The SMILES string of the molecule is O=[N+]([O-])c1ccnc(Nc2cc(F)cc(F)c2)c1. The van der Waals surface area contributed by atoms with Crippen molar-refractivity contribution >= 4 is 17.2 Å². The summed E-state index contributed by atoms with van der Waals surface area (Å²) in [6, 6.07) is 5.24. The highest BCUT2D eigenvalue weighted by atomic mass is 19.1. The van der Waals surface area contributed by atoms with Crippen LogP contribution in [0.5, 0.6) is 0 Å². The number of benzene rings is 1. The minimum atomic E-state index is -0.747. The van der Waals surface area contributed by atoms with Gasteiger partial charge in [-0.3, -0.25) is 10.1 Å². The number of nitrogens with zero attached hydrogens (tertiary/aromatic N) is 2. The summed E-state index contributed by atoms with van der Waals surface area (Å²) in [7, 11) is 0. The van der Waals surface area contributed by atoms with Gasteiger partial charge < -0.3 is 5.32 Å². The Morgan fingerprint density at radius 3 is 2.44 bits per heavy atom. The maximum atomic E-state index is 12.9. The second-order valence-corrected chi connectivity index (χ2v) is 3.44. The predicted molar refractivity (Wildman–Crippen MR) is 60.5 cm³/mol. The molecular weight excluding hydrogens is 244 g/mol. The lowest BCUT2D eigenvalue weighted by atomic mass is 10.3. The molecule has 1 aromatic heterocycles. The van der Waals surface area contributed by atoms with E-state index in [0.29, 0.717) is 0 Å². The topological polar surface area (TPSA) is 68.1 Å². The first-order valence-electron chi connectivity index (χ1n) is 4.88. The maximum Gasteiger partial charge on any atom is 0.274 e. The van der Waals surface area contributed by atoms with Crippen molar-refractivity contribution in [2.75, 3.05) is 5.32 Å². The minimum absolute atomic E-state index is 0.125. The molecule has 5 nitrogen and oxygen atoms in total. The molecule has 0 fully saturated rings. The summed E-state index contributed by atoms with van der Waals surface area (Å²) in [6.07, 6.45) is 1.23. The fourth-order valence-electron chi connectivity index (χ4n) is 1.38. The van der Waals surface area contributed by atoms with Crippen LogP contribution in [0.1, 0.15) is 0 Å². The zero-order valence-electron chi connectivity index (χ0n) is 8.93. The van der Waals surface area contributed by atoms with Crippen LogP contribution < -0.4 is 5.32 Å². The average Bonchev–Trinajstić information content (AvgIpc) is 2.27. The van der Waals surface area contributed by atoms with E-state index < -0.39 is 16.6 Å². The molecule has 1 N–H and O–H groups in total. The first-order chi connectivity index (χ1) is 8.54. The van der Waals surface area contributed by atoms with Crippen molar-refractivity contribution in [2.24, 2.45) is 0 Å². The van der Waals surface area contributed by atoms with Crippen molar-refractivity contribution in [3.8, 4) is 0 Å². The summed E-state index contributed by atoms with van der Waals surface area (Å²) in [5, 5.41) is 13.1. The monoisotopic (exact) mass is 251 g/mol. The summed E-state index contributed by atoms with van der Waals surface area (Å²) < 4.78 is 25.9. The molecule has 0 aliphatic heterocycles. The summed E-state index contributed by atoms with van der Waals surface area (Å²) in [5.41, 5.74) is -0.0372. The van der Waals surface area contributed by atoms with Gasteiger partial charge in [0.2, 0.25) is 0 Å². The molecule has 0 aliphatic rings. The number of hydrogen-bond acceptors (Lipinski definition) is 4. The van der Waals surface area contributed by atoms with Crippen molar-refractivity contribution < 1.29 is 13.7 Å². The molecule has 0 radical (unpaired) electrons. The van der Waals surface area contributed by atoms with E-state index in [-0.39, 0.29) is 17.2 Å². The quantitative estimate of drug-likeness (QED) is 0.672. The van der Waals surface area contributed by atoms with Gasteiger partial charge in [-0.25, -0.2) is 13.8 Å². The largest absolute Gasteiger partial charge is 0.340 e. The van der Waals surface area contributed by atoms with Crippen molar-refractivity contribution in [1.82, 2.24) is 4.98 Å². The highest BCUT2D eigenvalue weighted by molar-refractivity contribution is 5.58. The van der Waals surface area contributed by atoms with Crippen molar-refractivity contribution in [1.29, 1.82) is 0 Å². The Bertz CT molecular complexity index is 584. The number of anilines is 2. The van der Waals surface area contributed by atoms with Gasteiger partial charge in [0, 0.05) is 24.0 Å². The van der Waals surface area contributed by atoms with Crippen molar-refractivity contribution in [3.05, 3.63) is 58.3 Å². The van der Waals surface area contributed by atoms with E-state index in [2.05, 4.69) is 10.3 Å². The third kappa shape index (κ3) is 2.76.